The summed E-state index contributed by atoms with van der Waals surface area (Å²) in [6, 6.07) is 0. The van der Waals surface area contributed by atoms with Gasteiger partial charge in [-0.25, -0.2) is 0 Å². The van der Waals surface area contributed by atoms with Crippen molar-refractivity contribution >= 4 is 11.9 Å². The first-order valence-electron chi connectivity index (χ1n) is 20.5. The second kappa shape index (κ2) is 35.8. The summed E-state index contributed by atoms with van der Waals surface area (Å²) < 4.78 is 12.2. The van der Waals surface area contributed by atoms with Gasteiger partial charge in [0.15, 0.2) is 0 Å². The van der Waals surface area contributed by atoms with Crippen LogP contribution in [-0.2, 0) is 19.1 Å². The normalized spacial score (nSPS) is 12.7. The van der Waals surface area contributed by atoms with E-state index in [2.05, 4.69) is 27.7 Å². The lowest BCUT2D eigenvalue weighted by molar-refractivity contribution is -0.169. The van der Waals surface area contributed by atoms with Gasteiger partial charge in [0.05, 0.1) is 0 Å². The molecule has 4 nitrogen and oxygen atoms in total. The Morgan fingerprint density at radius 2 is 0.556 bits per heavy atom. The Morgan fingerprint density at radius 3 is 0.867 bits per heavy atom. The van der Waals surface area contributed by atoms with Crippen LogP contribution in [0.15, 0.2) is 0 Å². The molecule has 0 saturated heterocycles. The van der Waals surface area contributed by atoms with E-state index in [9.17, 15) is 9.59 Å². The number of unbranched alkanes of at least 4 members (excludes halogenated alkanes) is 25. The van der Waals surface area contributed by atoms with Gasteiger partial charge >= 0.3 is 11.9 Å². The van der Waals surface area contributed by atoms with Crippen molar-refractivity contribution < 1.29 is 19.1 Å². The Morgan fingerprint density at radius 1 is 0.333 bits per heavy atom. The molecule has 0 N–H and O–H groups in total. The molecule has 0 radical (unpaired) electrons. The molecule has 0 aliphatic rings. The van der Waals surface area contributed by atoms with Gasteiger partial charge < -0.3 is 9.47 Å². The summed E-state index contributed by atoms with van der Waals surface area (Å²) >= 11 is 0. The van der Waals surface area contributed by atoms with Crippen molar-refractivity contribution in [2.75, 3.05) is 0 Å². The highest BCUT2D eigenvalue weighted by Crippen LogP contribution is 2.22. The lowest BCUT2D eigenvalue weighted by Crippen LogP contribution is -2.35. The molecule has 0 aromatic rings. The quantitative estimate of drug-likeness (QED) is 0.0507. The van der Waals surface area contributed by atoms with Gasteiger partial charge in [-0.2, -0.15) is 0 Å². The summed E-state index contributed by atoms with van der Waals surface area (Å²) in [6.07, 6.45) is 37.6. The topological polar surface area (TPSA) is 52.6 Å². The molecule has 0 saturated carbocycles. The van der Waals surface area contributed by atoms with E-state index in [1.165, 1.54) is 128 Å². The average Bonchev–Trinajstić information content (AvgIpc) is 3.03. The molecular weight excluding hydrogens is 556 g/mol. The van der Waals surface area contributed by atoms with Crippen LogP contribution >= 0.6 is 0 Å². The fraction of sp³-hybridized carbons (Fsp3) is 0.951. The first-order chi connectivity index (χ1) is 22.1. The van der Waals surface area contributed by atoms with E-state index < -0.39 is 0 Å². The number of ether oxygens (including phenoxy) is 2. The van der Waals surface area contributed by atoms with Crippen LogP contribution < -0.4 is 0 Å². The first-order valence-corrected chi connectivity index (χ1v) is 20.5. The van der Waals surface area contributed by atoms with E-state index in [4.69, 9.17) is 9.47 Å². The van der Waals surface area contributed by atoms with Gasteiger partial charge in [0.1, 0.15) is 12.2 Å². The smallest absolute Gasteiger partial charge is 0.306 e. The largest absolute Gasteiger partial charge is 0.458 e. The molecule has 0 fully saturated rings. The highest BCUT2D eigenvalue weighted by molar-refractivity contribution is 5.70. The van der Waals surface area contributed by atoms with E-state index in [-0.39, 0.29) is 24.1 Å². The van der Waals surface area contributed by atoms with Crippen LogP contribution in [0.2, 0.25) is 0 Å². The zero-order chi connectivity index (χ0) is 33.1. The van der Waals surface area contributed by atoms with Crippen molar-refractivity contribution in [1.29, 1.82) is 0 Å². The molecule has 0 aromatic carbocycles. The molecule has 0 aliphatic carbocycles. The Kier molecular flexibility index (Phi) is 34.9. The van der Waals surface area contributed by atoms with Crippen LogP contribution in [-0.4, -0.2) is 24.1 Å². The minimum Gasteiger partial charge on any atom is -0.458 e. The fourth-order valence-electron chi connectivity index (χ4n) is 6.33. The second-order valence-corrected chi connectivity index (χ2v) is 14.0. The van der Waals surface area contributed by atoms with E-state index in [1.807, 2.05) is 0 Å². The maximum atomic E-state index is 13.0. The highest BCUT2D eigenvalue weighted by atomic mass is 16.6. The monoisotopic (exact) mass is 637 g/mol. The van der Waals surface area contributed by atoms with Gasteiger partial charge in [-0.15, -0.1) is 0 Å². The molecule has 268 valence electrons. The Bertz CT molecular complexity index is 619. The number of esters is 2. The summed E-state index contributed by atoms with van der Waals surface area (Å²) in [4.78, 5) is 25.9. The van der Waals surface area contributed by atoms with Crippen LogP contribution in [0.4, 0.5) is 0 Å². The van der Waals surface area contributed by atoms with Crippen LogP contribution in [0.25, 0.3) is 0 Å². The standard InChI is InChI=1S/C41H80O4/c1-5-9-13-16-18-20-22-24-26-29-33-37-41(43)45-39(35-31-27-15-11-7-3)38(34-30-12-8-4)44-40(42)36-32-28-25-23-21-19-17-14-10-6-2/h38-39H,5-37H2,1-4H3. The highest BCUT2D eigenvalue weighted by Gasteiger charge is 2.28. The maximum absolute atomic E-state index is 13.0. The molecule has 0 bridgehead atoms. The lowest BCUT2D eigenvalue weighted by Gasteiger charge is -2.27. The number of rotatable bonds is 36. The molecule has 0 rings (SSSR count). The van der Waals surface area contributed by atoms with Crippen molar-refractivity contribution in [2.45, 2.75) is 252 Å². The van der Waals surface area contributed by atoms with E-state index in [1.54, 1.807) is 0 Å². The van der Waals surface area contributed by atoms with Gasteiger partial charge in [0, 0.05) is 12.8 Å². The molecule has 0 aliphatic heterocycles. The molecule has 2 atom stereocenters. The Balaban J connectivity index is 4.66. The predicted octanol–water partition coefficient (Wildman–Crippen LogP) is 13.8. The molecule has 0 amide bonds. The van der Waals surface area contributed by atoms with Crippen molar-refractivity contribution in [3.05, 3.63) is 0 Å². The van der Waals surface area contributed by atoms with E-state index in [0.29, 0.717) is 12.8 Å². The summed E-state index contributed by atoms with van der Waals surface area (Å²) in [5, 5.41) is 0. The fourth-order valence-corrected chi connectivity index (χ4v) is 6.33. The van der Waals surface area contributed by atoms with Crippen molar-refractivity contribution in [3.63, 3.8) is 0 Å². The molecule has 45 heavy (non-hydrogen) atoms. The van der Waals surface area contributed by atoms with Crippen molar-refractivity contribution in [1.82, 2.24) is 0 Å². The predicted molar refractivity (Wildman–Crippen MR) is 195 cm³/mol. The van der Waals surface area contributed by atoms with Crippen LogP contribution in [0.3, 0.4) is 0 Å². The van der Waals surface area contributed by atoms with Crippen LogP contribution in [0.5, 0.6) is 0 Å². The number of carbonyl (C=O) groups excluding carboxylic acids is 2. The zero-order valence-corrected chi connectivity index (χ0v) is 31.1. The zero-order valence-electron chi connectivity index (χ0n) is 31.1. The minimum atomic E-state index is -0.306. The molecule has 2 unspecified atom stereocenters. The molecular formula is C41H80O4. The molecule has 4 heteroatoms. The van der Waals surface area contributed by atoms with Crippen LogP contribution in [0, 0.1) is 0 Å². The SMILES string of the molecule is CCCCCCCCCCCCCC(=O)OC(CCCCCCC)C(CCCCC)OC(=O)CCCCCCCCCCCC. The molecule has 0 spiro atoms. The Labute approximate surface area is 282 Å². The summed E-state index contributed by atoms with van der Waals surface area (Å²) in [5.74, 6) is -0.204. The first kappa shape index (κ1) is 43.9. The van der Waals surface area contributed by atoms with E-state index in [0.717, 1.165) is 70.6 Å². The number of carbonyl (C=O) groups is 2. The van der Waals surface area contributed by atoms with Gasteiger partial charge in [0.2, 0.25) is 0 Å². The molecule has 0 heterocycles. The Hall–Kier alpha value is -1.06. The summed E-state index contributed by atoms with van der Waals surface area (Å²) in [6.45, 7) is 8.97. The number of hydrogen-bond donors (Lipinski definition) is 0. The van der Waals surface area contributed by atoms with Gasteiger partial charge in [-0.1, -0.05) is 188 Å². The third-order valence-electron chi connectivity index (χ3n) is 9.38. The molecule has 0 aromatic heterocycles. The average molecular weight is 637 g/mol. The van der Waals surface area contributed by atoms with Crippen LogP contribution in [0.1, 0.15) is 240 Å². The maximum Gasteiger partial charge on any atom is 0.306 e. The third kappa shape index (κ3) is 31.3. The minimum absolute atomic E-state index is 0.101. The van der Waals surface area contributed by atoms with Crippen molar-refractivity contribution in [2.24, 2.45) is 0 Å². The summed E-state index contributed by atoms with van der Waals surface area (Å²) in [5.41, 5.74) is 0. The van der Waals surface area contributed by atoms with E-state index >= 15 is 0 Å². The van der Waals surface area contributed by atoms with Gasteiger partial charge in [0.25, 0.3) is 0 Å². The third-order valence-corrected chi connectivity index (χ3v) is 9.38. The van der Waals surface area contributed by atoms with Gasteiger partial charge in [-0.05, 0) is 38.5 Å². The second-order valence-electron chi connectivity index (χ2n) is 14.0. The summed E-state index contributed by atoms with van der Waals surface area (Å²) in [7, 11) is 0. The lowest BCUT2D eigenvalue weighted by atomic mass is 9.99. The number of hydrogen-bond acceptors (Lipinski definition) is 4. The van der Waals surface area contributed by atoms with Crippen molar-refractivity contribution in [3.8, 4) is 0 Å². The van der Waals surface area contributed by atoms with Gasteiger partial charge in [-0.3, -0.25) is 9.59 Å².